The molecule has 0 unspecified atom stereocenters. The maximum atomic E-state index is 9.23. The van der Waals surface area contributed by atoms with Gasteiger partial charge in [-0.3, -0.25) is 0 Å². The van der Waals surface area contributed by atoms with Gasteiger partial charge < -0.3 is 9.84 Å². The molecule has 0 bridgehead atoms. The molecule has 0 saturated carbocycles. The maximum Gasteiger partial charge on any atom is 0.122 e. The fourth-order valence-corrected chi connectivity index (χ4v) is 1.60. The Morgan fingerprint density at radius 3 is 2.80 bits per heavy atom. The summed E-state index contributed by atoms with van der Waals surface area (Å²) in [5.74, 6) is 0.863. The molecular formula is C12H17ClO2. The highest BCUT2D eigenvalue weighted by atomic mass is 35.5. The average Bonchev–Trinajstić information content (AvgIpc) is 2.18. The Balaban J connectivity index is 2.77. The van der Waals surface area contributed by atoms with E-state index in [0.717, 1.165) is 24.2 Å². The zero-order valence-electron chi connectivity index (χ0n) is 9.16. The summed E-state index contributed by atoms with van der Waals surface area (Å²) in [7, 11) is 0. The Labute approximate surface area is 95.8 Å². The second kappa shape index (κ2) is 5.99. The fraction of sp³-hybridized carbons (Fsp3) is 0.500. The summed E-state index contributed by atoms with van der Waals surface area (Å²) in [5.41, 5.74) is 1.06. The molecule has 1 atom stereocenters. The topological polar surface area (TPSA) is 29.5 Å². The monoisotopic (exact) mass is 228 g/mol. The molecule has 0 aliphatic rings. The molecule has 1 aromatic carbocycles. The number of ether oxygens (including phenoxy) is 1. The Bertz CT molecular complexity index is 310. The number of hydrogen-bond acceptors (Lipinski definition) is 2. The summed E-state index contributed by atoms with van der Waals surface area (Å²) in [6.45, 7) is 4.38. The molecule has 0 fully saturated rings. The van der Waals surface area contributed by atoms with Crippen LogP contribution in [-0.4, -0.2) is 17.8 Å². The van der Waals surface area contributed by atoms with Crippen molar-refractivity contribution in [1.29, 1.82) is 0 Å². The van der Waals surface area contributed by atoms with Gasteiger partial charge in [0.15, 0.2) is 0 Å². The highest BCUT2D eigenvalue weighted by Gasteiger charge is 2.06. The summed E-state index contributed by atoms with van der Waals surface area (Å²) in [5, 5.41) is 9.94. The van der Waals surface area contributed by atoms with Crippen LogP contribution in [0.3, 0.4) is 0 Å². The predicted octanol–water partition coefficient (Wildman–Crippen LogP) is 3.05. The molecule has 0 aliphatic carbocycles. The van der Waals surface area contributed by atoms with Crippen molar-refractivity contribution in [2.24, 2.45) is 0 Å². The van der Waals surface area contributed by atoms with Crippen molar-refractivity contribution in [3.63, 3.8) is 0 Å². The Kier molecular flexibility index (Phi) is 4.92. The third-order valence-electron chi connectivity index (χ3n) is 2.15. The second-order valence-electron chi connectivity index (χ2n) is 3.57. The molecule has 1 rings (SSSR count). The van der Waals surface area contributed by atoms with E-state index in [0.29, 0.717) is 11.6 Å². The largest absolute Gasteiger partial charge is 0.494 e. The molecule has 15 heavy (non-hydrogen) atoms. The first-order valence-corrected chi connectivity index (χ1v) is 5.60. The van der Waals surface area contributed by atoms with Gasteiger partial charge in [0.25, 0.3) is 0 Å². The third kappa shape index (κ3) is 4.10. The molecule has 84 valence electrons. The van der Waals surface area contributed by atoms with Gasteiger partial charge in [0.1, 0.15) is 5.75 Å². The first-order valence-electron chi connectivity index (χ1n) is 5.22. The van der Waals surface area contributed by atoms with Gasteiger partial charge in [0.05, 0.1) is 12.7 Å². The molecule has 1 N–H and O–H groups in total. The van der Waals surface area contributed by atoms with Gasteiger partial charge in [-0.2, -0.15) is 0 Å². The molecule has 0 radical (unpaired) electrons. The van der Waals surface area contributed by atoms with Crippen molar-refractivity contribution >= 4 is 11.6 Å². The summed E-state index contributed by atoms with van der Waals surface area (Å²) >= 11 is 5.91. The van der Waals surface area contributed by atoms with Crippen LogP contribution in [-0.2, 0) is 6.42 Å². The molecular weight excluding hydrogens is 212 g/mol. The highest BCUT2D eigenvalue weighted by molar-refractivity contribution is 6.30. The lowest BCUT2D eigenvalue weighted by Crippen LogP contribution is -2.03. The van der Waals surface area contributed by atoms with Crippen molar-refractivity contribution in [3.8, 4) is 5.75 Å². The number of aliphatic hydroxyl groups excluding tert-OH is 1. The molecule has 0 aliphatic heterocycles. The minimum Gasteiger partial charge on any atom is -0.494 e. The van der Waals surface area contributed by atoms with Gasteiger partial charge in [-0.25, -0.2) is 0 Å². The van der Waals surface area contributed by atoms with Crippen LogP contribution < -0.4 is 4.74 Å². The van der Waals surface area contributed by atoms with Gasteiger partial charge >= 0.3 is 0 Å². The lowest BCUT2D eigenvalue weighted by Gasteiger charge is -2.11. The summed E-state index contributed by atoms with van der Waals surface area (Å²) in [6.07, 6.45) is 1.21. The van der Waals surface area contributed by atoms with E-state index in [9.17, 15) is 5.11 Å². The van der Waals surface area contributed by atoms with Gasteiger partial charge in [0, 0.05) is 5.02 Å². The zero-order chi connectivity index (χ0) is 11.3. The van der Waals surface area contributed by atoms with Crippen molar-refractivity contribution in [2.75, 3.05) is 6.61 Å². The quantitative estimate of drug-likeness (QED) is 0.840. The maximum absolute atomic E-state index is 9.23. The van der Waals surface area contributed by atoms with E-state index < -0.39 is 0 Å². The van der Waals surface area contributed by atoms with Gasteiger partial charge in [-0.1, -0.05) is 11.6 Å². The van der Waals surface area contributed by atoms with Crippen LogP contribution >= 0.6 is 11.6 Å². The molecule has 0 saturated heterocycles. The molecule has 2 nitrogen and oxygen atoms in total. The normalized spacial score (nSPS) is 12.5. The minimum absolute atomic E-state index is 0.293. The van der Waals surface area contributed by atoms with E-state index in [1.807, 2.05) is 25.1 Å². The number of aryl methyl sites for hydroxylation is 1. The molecule has 1 aromatic rings. The first kappa shape index (κ1) is 12.3. The van der Waals surface area contributed by atoms with E-state index in [-0.39, 0.29) is 6.10 Å². The Hall–Kier alpha value is -0.730. The van der Waals surface area contributed by atoms with Crippen molar-refractivity contribution in [2.45, 2.75) is 32.8 Å². The molecule has 0 amide bonds. The molecule has 3 heteroatoms. The van der Waals surface area contributed by atoms with Crippen molar-refractivity contribution in [3.05, 3.63) is 28.8 Å². The first-order chi connectivity index (χ1) is 7.13. The van der Waals surface area contributed by atoms with Crippen LogP contribution in [0, 0.1) is 0 Å². The van der Waals surface area contributed by atoms with Gasteiger partial charge in [-0.05, 0) is 50.5 Å². The number of rotatable bonds is 5. The Morgan fingerprint density at radius 1 is 1.47 bits per heavy atom. The van der Waals surface area contributed by atoms with Crippen LogP contribution in [0.5, 0.6) is 5.75 Å². The average molecular weight is 229 g/mol. The van der Waals surface area contributed by atoms with Crippen LogP contribution in [0.15, 0.2) is 18.2 Å². The summed E-state index contributed by atoms with van der Waals surface area (Å²) in [6, 6.07) is 5.59. The minimum atomic E-state index is -0.293. The van der Waals surface area contributed by atoms with Crippen molar-refractivity contribution in [1.82, 2.24) is 0 Å². The summed E-state index contributed by atoms with van der Waals surface area (Å²) < 4.78 is 5.48. The molecule has 0 aromatic heterocycles. The van der Waals surface area contributed by atoms with Crippen molar-refractivity contribution < 1.29 is 9.84 Å². The highest BCUT2D eigenvalue weighted by Crippen LogP contribution is 2.24. The lowest BCUT2D eigenvalue weighted by atomic mass is 10.1. The lowest BCUT2D eigenvalue weighted by molar-refractivity contribution is 0.184. The molecule has 0 heterocycles. The number of halogens is 1. The standard InChI is InChI=1S/C12H17ClO2/c1-3-15-12-7-6-11(13)8-10(12)5-4-9(2)14/h6-9,14H,3-5H2,1-2H3/t9-/m0/s1. The number of benzene rings is 1. The van der Waals surface area contributed by atoms with Crippen LogP contribution in [0.25, 0.3) is 0 Å². The SMILES string of the molecule is CCOc1ccc(Cl)cc1CC[C@H](C)O. The van der Waals surface area contributed by atoms with E-state index in [4.69, 9.17) is 16.3 Å². The third-order valence-corrected chi connectivity index (χ3v) is 2.39. The van der Waals surface area contributed by atoms with E-state index in [1.165, 1.54) is 0 Å². The van der Waals surface area contributed by atoms with E-state index >= 15 is 0 Å². The fourth-order valence-electron chi connectivity index (χ4n) is 1.40. The second-order valence-corrected chi connectivity index (χ2v) is 4.01. The predicted molar refractivity (Wildman–Crippen MR) is 62.6 cm³/mol. The van der Waals surface area contributed by atoms with Gasteiger partial charge in [0.2, 0.25) is 0 Å². The molecule has 0 spiro atoms. The smallest absolute Gasteiger partial charge is 0.122 e. The van der Waals surface area contributed by atoms with E-state index in [2.05, 4.69) is 0 Å². The number of hydrogen-bond donors (Lipinski definition) is 1. The zero-order valence-corrected chi connectivity index (χ0v) is 9.92. The summed E-state index contributed by atoms with van der Waals surface area (Å²) in [4.78, 5) is 0. The van der Waals surface area contributed by atoms with Crippen LogP contribution in [0.2, 0.25) is 5.02 Å². The van der Waals surface area contributed by atoms with Crippen LogP contribution in [0.1, 0.15) is 25.8 Å². The Morgan fingerprint density at radius 2 is 2.20 bits per heavy atom. The number of aliphatic hydroxyl groups is 1. The van der Waals surface area contributed by atoms with E-state index in [1.54, 1.807) is 6.92 Å². The van der Waals surface area contributed by atoms with Gasteiger partial charge in [-0.15, -0.1) is 0 Å². The van der Waals surface area contributed by atoms with Crippen LogP contribution in [0.4, 0.5) is 0 Å².